The first-order valence-corrected chi connectivity index (χ1v) is 17.5. The molecule has 0 radical (unpaired) electrons. The number of amides is 5. The first kappa shape index (κ1) is 40.9. The van der Waals surface area contributed by atoms with Crippen molar-refractivity contribution in [3.63, 3.8) is 0 Å². The van der Waals surface area contributed by atoms with E-state index in [1.807, 2.05) is 13.8 Å². The maximum absolute atomic E-state index is 14.3. The van der Waals surface area contributed by atoms with Crippen LogP contribution in [-0.4, -0.2) is 83.9 Å². The molecule has 2 fully saturated rings. The molecule has 3 rings (SSSR count). The number of nitrogens with one attached hydrogen (secondary N) is 4. The Morgan fingerprint density at radius 3 is 2.16 bits per heavy atom. The van der Waals surface area contributed by atoms with Crippen molar-refractivity contribution in [2.45, 2.75) is 118 Å². The molecule has 1 heterocycles. The minimum Gasteiger partial charge on any atom is -0.458 e. The predicted molar refractivity (Wildman–Crippen MR) is 186 cm³/mol. The highest BCUT2D eigenvalue weighted by molar-refractivity contribution is 6.31. The van der Waals surface area contributed by atoms with Gasteiger partial charge >= 0.3 is 12.0 Å². The van der Waals surface area contributed by atoms with Gasteiger partial charge in [0, 0.05) is 24.5 Å². The Morgan fingerprint density at radius 2 is 1.62 bits per heavy atom. The number of benzene rings is 1. The van der Waals surface area contributed by atoms with Gasteiger partial charge < -0.3 is 30.9 Å². The number of hydrogen-bond donors (Lipinski definition) is 4. The molecule has 1 aromatic rings. The molecule has 2 aliphatic rings. The van der Waals surface area contributed by atoms with Gasteiger partial charge in [-0.05, 0) is 67.4 Å². The Hall–Kier alpha value is -3.48. The molecule has 50 heavy (non-hydrogen) atoms. The molecule has 5 amide bonds. The molecule has 1 saturated heterocycles. The lowest BCUT2D eigenvalue weighted by molar-refractivity contribution is -0.158. The number of alkyl halides is 2. The van der Waals surface area contributed by atoms with Gasteiger partial charge in [0.05, 0.1) is 0 Å². The second kappa shape index (κ2) is 15.8. The Labute approximate surface area is 299 Å². The lowest BCUT2D eigenvalue weighted by atomic mass is 9.85. The molecule has 2 unspecified atom stereocenters. The summed E-state index contributed by atoms with van der Waals surface area (Å²) in [5.74, 6) is -3.31. The minimum absolute atomic E-state index is 0.0490. The van der Waals surface area contributed by atoms with E-state index >= 15 is 0 Å². The maximum atomic E-state index is 14.3. The number of halogens is 3. The summed E-state index contributed by atoms with van der Waals surface area (Å²) in [7, 11) is 0. The van der Waals surface area contributed by atoms with Crippen LogP contribution in [0.25, 0.3) is 0 Å². The van der Waals surface area contributed by atoms with Crippen molar-refractivity contribution in [2.75, 3.05) is 13.1 Å². The standard InChI is InChI=1S/C36H54ClF2N5O6/c1-19(2)26(32(48)50-35(6,7)8)42-33(49)43-28(34(3,4)5)31(47)44-18-21-25(36(21,9)10)27(44)30(46)41-23(17-24(38)39)29(45)40-16-15-20-13-11-12-14-22(20)37/h11-14,19,21,23-28H,15-18H2,1-10H3,(H,40,45)(H,41,46)(H2,42,43,49)/t21?,23-,25?,26-,27-,28+/m0/s1. The summed E-state index contributed by atoms with van der Waals surface area (Å²) in [6, 6.07) is 1.57. The summed E-state index contributed by atoms with van der Waals surface area (Å²) in [6.07, 6.45) is -3.44. The van der Waals surface area contributed by atoms with Crippen molar-refractivity contribution in [1.82, 2.24) is 26.2 Å². The first-order valence-electron chi connectivity index (χ1n) is 17.2. The maximum Gasteiger partial charge on any atom is 0.329 e. The Kier molecular flexibility index (Phi) is 13.0. The summed E-state index contributed by atoms with van der Waals surface area (Å²) < 4.78 is 32.8. The van der Waals surface area contributed by atoms with Gasteiger partial charge in [0.25, 0.3) is 0 Å². The zero-order valence-corrected chi connectivity index (χ0v) is 31.5. The Balaban J connectivity index is 1.78. The van der Waals surface area contributed by atoms with E-state index in [0.29, 0.717) is 11.4 Å². The number of likely N-dealkylation sites (tertiary alicyclic amines) is 1. The lowest BCUT2D eigenvalue weighted by Crippen LogP contribution is -2.62. The fourth-order valence-electron chi connectivity index (χ4n) is 6.62. The molecule has 280 valence electrons. The molecular formula is C36H54ClF2N5O6. The second-order valence-corrected chi connectivity index (χ2v) is 16.8. The minimum atomic E-state index is -2.88. The van der Waals surface area contributed by atoms with Gasteiger partial charge in [-0.15, -0.1) is 0 Å². The van der Waals surface area contributed by atoms with Crippen molar-refractivity contribution in [2.24, 2.45) is 28.6 Å². The third-order valence-corrected chi connectivity index (χ3v) is 9.83. The van der Waals surface area contributed by atoms with Crippen LogP contribution < -0.4 is 21.3 Å². The molecule has 1 aromatic carbocycles. The summed E-state index contributed by atoms with van der Waals surface area (Å²) in [4.78, 5) is 68.8. The third-order valence-electron chi connectivity index (χ3n) is 9.46. The quantitative estimate of drug-likeness (QED) is 0.217. The van der Waals surface area contributed by atoms with E-state index in [2.05, 4.69) is 21.3 Å². The molecule has 1 aliphatic carbocycles. The first-order chi connectivity index (χ1) is 23.0. The van der Waals surface area contributed by atoms with Crippen LogP contribution >= 0.6 is 11.6 Å². The molecule has 0 aromatic heterocycles. The number of nitrogens with zero attached hydrogens (tertiary/aromatic N) is 1. The summed E-state index contributed by atoms with van der Waals surface area (Å²) in [6.45, 7) is 18.2. The third kappa shape index (κ3) is 10.3. The van der Waals surface area contributed by atoms with Gasteiger partial charge in [-0.2, -0.15) is 0 Å². The number of carbonyl (C=O) groups is 5. The number of urea groups is 1. The van der Waals surface area contributed by atoms with Crippen molar-refractivity contribution in [3.05, 3.63) is 34.9 Å². The van der Waals surface area contributed by atoms with Crippen LogP contribution in [0.1, 0.15) is 81.2 Å². The van der Waals surface area contributed by atoms with E-state index < -0.39 is 77.8 Å². The number of piperidine rings is 1. The monoisotopic (exact) mass is 725 g/mol. The van der Waals surface area contributed by atoms with Crippen LogP contribution in [0.5, 0.6) is 0 Å². The SMILES string of the molecule is CC(C)[C@H](NC(=O)N[C@H](C(=O)N1CC2C([C@H]1C(=O)N[C@@H](CC(F)F)C(=O)NCCc1ccccc1Cl)C2(C)C)C(C)(C)C)C(=O)OC(C)(C)C. The molecule has 1 saturated carbocycles. The van der Waals surface area contributed by atoms with Crippen molar-refractivity contribution in [1.29, 1.82) is 0 Å². The van der Waals surface area contributed by atoms with Crippen molar-refractivity contribution >= 4 is 41.3 Å². The summed E-state index contributed by atoms with van der Waals surface area (Å²) >= 11 is 6.19. The number of fused-ring (bicyclic) bond motifs is 1. The number of ether oxygens (including phenoxy) is 1. The van der Waals surface area contributed by atoms with Crippen LogP contribution in [-0.2, 0) is 30.3 Å². The zero-order valence-electron chi connectivity index (χ0n) is 30.8. The van der Waals surface area contributed by atoms with Crippen LogP contribution in [0.15, 0.2) is 24.3 Å². The van der Waals surface area contributed by atoms with Gasteiger partial charge in [-0.3, -0.25) is 14.4 Å². The predicted octanol–water partition coefficient (Wildman–Crippen LogP) is 4.70. The van der Waals surface area contributed by atoms with E-state index in [0.717, 1.165) is 5.56 Å². The molecular weight excluding hydrogens is 672 g/mol. The molecule has 4 N–H and O–H groups in total. The normalized spacial score (nSPS) is 21.5. The van der Waals surface area contributed by atoms with E-state index in [1.165, 1.54) is 4.90 Å². The van der Waals surface area contributed by atoms with Crippen LogP contribution in [0.2, 0.25) is 5.02 Å². The summed E-state index contributed by atoms with van der Waals surface area (Å²) in [5.41, 5.74) is -1.16. The number of esters is 1. The number of hydrogen-bond acceptors (Lipinski definition) is 6. The van der Waals surface area contributed by atoms with Crippen molar-refractivity contribution < 1.29 is 37.5 Å². The molecule has 0 bridgehead atoms. The fraction of sp³-hybridized carbons (Fsp3) is 0.694. The molecule has 14 heteroatoms. The molecule has 1 aliphatic heterocycles. The van der Waals surface area contributed by atoms with E-state index in [9.17, 15) is 32.8 Å². The number of rotatable bonds is 13. The zero-order chi connectivity index (χ0) is 37.9. The van der Waals surface area contributed by atoms with Gasteiger partial charge in [0.15, 0.2) is 0 Å². The Morgan fingerprint density at radius 1 is 1.00 bits per heavy atom. The van der Waals surface area contributed by atoms with E-state index in [4.69, 9.17) is 16.3 Å². The second-order valence-electron chi connectivity index (χ2n) is 16.4. The van der Waals surface area contributed by atoms with Gasteiger partial charge in [0.1, 0.15) is 29.8 Å². The fourth-order valence-corrected chi connectivity index (χ4v) is 6.85. The average molecular weight is 726 g/mol. The average Bonchev–Trinajstić information content (AvgIpc) is 3.29. The van der Waals surface area contributed by atoms with Crippen LogP contribution in [0.4, 0.5) is 13.6 Å². The van der Waals surface area contributed by atoms with Crippen LogP contribution in [0, 0.1) is 28.6 Å². The van der Waals surface area contributed by atoms with E-state index in [1.54, 1.807) is 79.7 Å². The molecule has 0 spiro atoms. The highest BCUT2D eigenvalue weighted by Crippen LogP contribution is 2.65. The lowest BCUT2D eigenvalue weighted by Gasteiger charge is -2.38. The smallest absolute Gasteiger partial charge is 0.329 e. The van der Waals surface area contributed by atoms with Gasteiger partial charge in [-0.25, -0.2) is 18.4 Å². The van der Waals surface area contributed by atoms with Gasteiger partial charge in [-0.1, -0.05) is 78.3 Å². The topological polar surface area (TPSA) is 146 Å². The summed E-state index contributed by atoms with van der Waals surface area (Å²) in [5, 5.41) is 11.0. The number of carbonyl (C=O) groups excluding carboxylic acids is 5. The van der Waals surface area contributed by atoms with E-state index in [-0.39, 0.29) is 36.3 Å². The largest absolute Gasteiger partial charge is 0.458 e. The van der Waals surface area contributed by atoms with Crippen LogP contribution in [0.3, 0.4) is 0 Å². The highest BCUT2D eigenvalue weighted by atomic mass is 35.5. The van der Waals surface area contributed by atoms with Crippen molar-refractivity contribution in [3.8, 4) is 0 Å². The Bertz CT molecular complexity index is 1430. The highest BCUT2D eigenvalue weighted by Gasteiger charge is 2.70. The molecule has 6 atom stereocenters. The van der Waals surface area contributed by atoms with Gasteiger partial charge in [0.2, 0.25) is 24.1 Å². The molecule has 11 nitrogen and oxygen atoms in total.